The Bertz CT molecular complexity index is 616. The molecule has 2 rings (SSSR count). The first kappa shape index (κ1) is 15.0. The molecule has 0 spiro atoms. The standard InChI is InChI=1S/C16H19N3O2/c1-4-21-15(20)16(3,14-11-17-8-9-18-14)19-13-7-5-6-12(2)10-13/h5-11,19H,4H2,1-3H3. The summed E-state index contributed by atoms with van der Waals surface area (Å²) >= 11 is 0. The monoisotopic (exact) mass is 285 g/mol. The summed E-state index contributed by atoms with van der Waals surface area (Å²) in [5, 5.41) is 3.22. The van der Waals surface area contributed by atoms with Crippen LogP contribution in [0.2, 0.25) is 0 Å². The second-order valence-electron chi connectivity index (χ2n) is 4.93. The summed E-state index contributed by atoms with van der Waals surface area (Å²) in [6, 6.07) is 7.80. The third-order valence-electron chi connectivity index (χ3n) is 3.17. The van der Waals surface area contributed by atoms with Gasteiger partial charge in [-0.15, -0.1) is 0 Å². The molecule has 5 nitrogen and oxygen atoms in total. The van der Waals surface area contributed by atoms with Crippen molar-refractivity contribution in [3.05, 3.63) is 54.1 Å². The second-order valence-corrected chi connectivity index (χ2v) is 4.93. The highest BCUT2D eigenvalue weighted by molar-refractivity contribution is 5.85. The van der Waals surface area contributed by atoms with E-state index in [2.05, 4.69) is 15.3 Å². The van der Waals surface area contributed by atoms with Gasteiger partial charge in [-0.05, 0) is 38.5 Å². The molecule has 1 aromatic carbocycles. The summed E-state index contributed by atoms with van der Waals surface area (Å²) in [5.41, 5.74) is 1.37. The van der Waals surface area contributed by atoms with Crippen molar-refractivity contribution >= 4 is 11.7 Å². The van der Waals surface area contributed by atoms with Crippen LogP contribution in [-0.4, -0.2) is 22.5 Å². The number of carbonyl (C=O) groups is 1. The van der Waals surface area contributed by atoms with Gasteiger partial charge in [-0.2, -0.15) is 0 Å². The van der Waals surface area contributed by atoms with Crippen molar-refractivity contribution in [3.8, 4) is 0 Å². The number of aryl methyl sites for hydroxylation is 1. The van der Waals surface area contributed by atoms with Gasteiger partial charge in [0.1, 0.15) is 0 Å². The molecule has 1 aromatic heterocycles. The lowest BCUT2D eigenvalue weighted by molar-refractivity contribution is -0.148. The largest absolute Gasteiger partial charge is 0.464 e. The van der Waals surface area contributed by atoms with E-state index in [0.717, 1.165) is 11.3 Å². The van der Waals surface area contributed by atoms with Gasteiger partial charge in [0.2, 0.25) is 0 Å². The van der Waals surface area contributed by atoms with E-state index in [-0.39, 0.29) is 5.97 Å². The highest BCUT2D eigenvalue weighted by Gasteiger charge is 2.38. The van der Waals surface area contributed by atoms with Gasteiger partial charge in [0, 0.05) is 18.1 Å². The molecule has 1 heterocycles. The molecule has 0 amide bonds. The van der Waals surface area contributed by atoms with E-state index < -0.39 is 5.54 Å². The number of hydrogen-bond acceptors (Lipinski definition) is 5. The van der Waals surface area contributed by atoms with Gasteiger partial charge in [-0.3, -0.25) is 9.97 Å². The summed E-state index contributed by atoms with van der Waals surface area (Å²) in [5.74, 6) is -0.382. The van der Waals surface area contributed by atoms with Crippen molar-refractivity contribution in [3.63, 3.8) is 0 Å². The van der Waals surface area contributed by atoms with Crippen molar-refractivity contribution in [2.24, 2.45) is 0 Å². The Balaban J connectivity index is 2.39. The van der Waals surface area contributed by atoms with Gasteiger partial charge in [0.15, 0.2) is 5.54 Å². The molecule has 0 aliphatic rings. The average molecular weight is 285 g/mol. The van der Waals surface area contributed by atoms with Gasteiger partial charge in [0.25, 0.3) is 0 Å². The topological polar surface area (TPSA) is 64.1 Å². The minimum absolute atomic E-state index is 0.310. The van der Waals surface area contributed by atoms with Gasteiger partial charge in [0.05, 0.1) is 18.5 Å². The molecule has 5 heteroatoms. The van der Waals surface area contributed by atoms with E-state index in [1.807, 2.05) is 31.2 Å². The molecule has 0 aliphatic carbocycles. The minimum Gasteiger partial charge on any atom is -0.464 e. The Labute approximate surface area is 124 Å². The molecule has 1 N–H and O–H groups in total. The first-order chi connectivity index (χ1) is 10.1. The molecule has 2 aromatic rings. The second kappa shape index (κ2) is 6.35. The lowest BCUT2D eigenvalue weighted by Crippen LogP contribution is -2.42. The number of benzene rings is 1. The van der Waals surface area contributed by atoms with Crippen LogP contribution in [0.1, 0.15) is 25.1 Å². The van der Waals surface area contributed by atoms with Crippen molar-refractivity contribution in [2.75, 3.05) is 11.9 Å². The molecule has 0 saturated carbocycles. The number of carbonyl (C=O) groups excluding carboxylic acids is 1. The van der Waals surface area contributed by atoms with E-state index in [0.29, 0.717) is 12.3 Å². The third kappa shape index (κ3) is 3.37. The number of esters is 1. The van der Waals surface area contributed by atoms with Crippen molar-refractivity contribution < 1.29 is 9.53 Å². The fourth-order valence-corrected chi connectivity index (χ4v) is 2.06. The lowest BCUT2D eigenvalue weighted by Gasteiger charge is -2.28. The Morgan fingerprint density at radius 1 is 1.38 bits per heavy atom. The Kier molecular flexibility index (Phi) is 4.52. The highest BCUT2D eigenvalue weighted by atomic mass is 16.5. The normalized spacial score (nSPS) is 13.3. The van der Waals surface area contributed by atoms with Crippen LogP contribution >= 0.6 is 0 Å². The Hall–Kier alpha value is -2.43. The van der Waals surface area contributed by atoms with Crippen LogP contribution in [0.5, 0.6) is 0 Å². The first-order valence-corrected chi connectivity index (χ1v) is 6.85. The van der Waals surface area contributed by atoms with Crippen LogP contribution in [0, 0.1) is 6.92 Å². The molecule has 0 radical (unpaired) electrons. The summed E-state index contributed by atoms with van der Waals surface area (Å²) < 4.78 is 5.19. The minimum atomic E-state index is -1.09. The van der Waals surface area contributed by atoms with E-state index in [9.17, 15) is 4.79 Å². The summed E-state index contributed by atoms with van der Waals surface area (Å²) in [7, 11) is 0. The number of nitrogens with one attached hydrogen (secondary N) is 1. The molecular weight excluding hydrogens is 266 g/mol. The summed E-state index contributed by atoms with van der Waals surface area (Å²) in [6.07, 6.45) is 4.70. The summed E-state index contributed by atoms with van der Waals surface area (Å²) in [4.78, 5) is 20.7. The first-order valence-electron chi connectivity index (χ1n) is 6.85. The molecule has 21 heavy (non-hydrogen) atoms. The van der Waals surface area contributed by atoms with Gasteiger partial charge in [-0.25, -0.2) is 4.79 Å². The number of anilines is 1. The lowest BCUT2D eigenvalue weighted by atomic mass is 9.97. The molecule has 0 bridgehead atoms. The van der Waals surface area contributed by atoms with E-state index in [1.54, 1.807) is 32.4 Å². The SMILES string of the molecule is CCOC(=O)C(C)(Nc1cccc(C)c1)c1cnccn1. The van der Waals surface area contributed by atoms with Crippen molar-refractivity contribution in [1.82, 2.24) is 9.97 Å². The number of nitrogens with zero attached hydrogens (tertiary/aromatic N) is 2. The Morgan fingerprint density at radius 2 is 2.19 bits per heavy atom. The van der Waals surface area contributed by atoms with Crippen molar-refractivity contribution in [1.29, 1.82) is 0 Å². The molecule has 0 fully saturated rings. The number of ether oxygens (including phenoxy) is 1. The van der Waals surface area contributed by atoms with E-state index in [1.165, 1.54) is 0 Å². The molecule has 0 aliphatic heterocycles. The molecule has 1 unspecified atom stereocenters. The average Bonchev–Trinajstić information content (AvgIpc) is 2.48. The molecule has 0 saturated heterocycles. The van der Waals surface area contributed by atoms with Gasteiger partial charge < -0.3 is 10.1 Å². The van der Waals surface area contributed by atoms with Crippen LogP contribution in [0.3, 0.4) is 0 Å². The number of aromatic nitrogens is 2. The molecule has 1 atom stereocenters. The number of rotatable bonds is 5. The van der Waals surface area contributed by atoms with Crippen LogP contribution in [0.25, 0.3) is 0 Å². The fraction of sp³-hybridized carbons (Fsp3) is 0.312. The zero-order chi connectivity index (χ0) is 15.3. The maximum absolute atomic E-state index is 12.4. The number of hydrogen-bond donors (Lipinski definition) is 1. The van der Waals surface area contributed by atoms with Gasteiger partial charge in [-0.1, -0.05) is 12.1 Å². The van der Waals surface area contributed by atoms with Crippen LogP contribution in [0.4, 0.5) is 5.69 Å². The maximum Gasteiger partial charge on any atom is 0.337 e. The van der Waals surface area contributed by atoms with Crippen LogP contribution < -0.4 is 5.32 Å². The van der Waals surface area contributed by atoms with E-state index in [4.69, 9.17) is 4.74 Å². The van der Waals surface area contributed by atoms with Gasteiger partial charge >= 0.3 is 5.97 Å². The Morgan fingerprint density at radius 3 is 2.81 bits per heavy atom. The maximum atomic E-state index is 12.4. The predicted molar refractivity (Wildman–Crippen MR) is 80.8 cm³/mol. The quantitative estimate of drug-likeness (QED) is 0.856. The van der Waals surface area contributed by atoms with E-state index >= 15 is 0 Å². The van der Waals surface area contributed by atoms with Crippen molar-refractivity contribution in [2.45, 2.75) is 26.3 Å². The predicted octanol–water partition coefficient (Wildman–Crippen LogP) is 2.68. The third-order valence-corrected chi connectivity index (χ3v) is 3.17. The van der Waals surface area contributed by atoms with Crippen LogP contribution in [-0.2, 0) is 15.1 Å². The smallest absolute Gasteiger partial charge is 0.337 e. The zero-order valence-electron chi connectivity index (χ0n) is 12.5. The van der Waals surface area contributed by atoms with Crippen LogP contribution in [0.15, 0.2) is 42.9 Å². The molecular formula is C16H19N3O2. The zero-order valence-corrected chi connectivity index (χ0v) is 12.5. The summed E-state index contributed by atoms with van der Waals surface area (Å²) in [6.45, 7) is 5.83. The highest BCUT2D eigenvalue weighted by Crippen LogP contribution is 2.26. The fourth-order valence-electron chi connectivity index (χ4n) is 2.06. The molecule has 110 valence electrons.